The van der Waals surface area contributed by atoms with Crippen LogP contribution in [0.4, 0.5) is 0 Å². The molecule has 1 aliphatic heterocycles. The maximum atomic E-state index is 14.3. The highest BCUT2D eigenvalue weighted by atomic mass is 35.5. The van der Waals surface area contributed by atoms with Crippen molar-refractivity contribution in [3.63, 3.8) is 0 Å². The highest BCUT2D eigenvalue weighted by Crippen LogP contribution is 2.66. The van der Waals surface area contributed by atoms with E-state index in [1.807, 2.05) is 44.2 Å². The van der Waals surface area contributed by atoms with Gasteiger partial charge in [0.15, 0.2) is 11.4 Å². The van der Waals surface area contributed by atoms with E-state index >= 15 is 0 Å². The molecule has 12 atom stereocenters. The van der Waals surface area contributed by atoms with Gasteiger partial charge >= 0.3 is 5.97 Å². The molecule has 1 aromatic rings. The summed E-state index contributed by atoms with van der Waals surface area (Å²) in [7, 11) is 0. The molecule has 3 fully saturated rings. The molecule has 1 saturated heterocycles. The number of Topliss-reactive ketones (excluding diaryl/α,β-unsaturated/α-hetero) is 1. The molecule has 4 aliphatic rings. The van der Waals surface area contributed by atoms with Crippen LogP contribution in [0.15, 0.2) is 41.5 Å². The quantitative estimate of drug-likeness (QED) is 0.252. The average molecular weight is 560 g/mol. The molecule has 8 nitrogen and oxygen atoms in total. The number of hydrogen-bond donors (Lipinski definition) is 4. The number of halogens is 1. The summed E-state index contributed by atoms with van der Waals surface area (Å²) in [5.74, 6) is -5.16. The minimum atomic E-state index is -2.10. The van der Waals surface area contributed by atoms with Crippen molar-refractivity contribution in [2.24, 2.45) is 35.0 Å². The van der Waals surface area contributed by atoms with Crippen LogP contribution in [0.25, 0.3) is 0 Å². The number of carbonyl (C=O) groups is 3. The van der Waals surface area contributed by atoms with Crippen LogP contribution in [0.3, 0.4) is 0 Å². The van der Waals surface area contributed by atoms with Crippen molar-refractivity contribution < 1.29 is 34.4 Å². The van der Waals surface area contributed by atoms with Crippen LogP contribution in [0, 0.1) is 35.0 Å². The number of rotatable bonds is 4. The molecule has 0 aromatic heterocycles. The number of aliphatic hydroxyl groups is 3. The Balaban J connectivity index is 1.74. The lowest BCUT2D eigenvalue weighted by molar-refractivity contribution is -0.241. The molecular formula is C30H38ClNO7. The maximum absolute atomic E-state index is 14.3. The van der Waals surface area contributed by atoms with Gasteiger partial charge in [0.05, 0.1) is 12.2 Å². The minimum absolute atomic E-state index is 0.254. The van der Waals surface area contributed by atoms with Crippen LogP contribution < -0.4 is 5.32 Å². The van der Waals surface area contributed by atoms with Crippen molar-refractivity contribution in [2.75, 3.05) is 0 Å². The van der Waals surface area contributed by atoms with Gasteiger partial charge in [-0.25, -0.2) is 0 Å². The highest BCUT2D eigenvalue weighted by molar-refractivity contribution is 6.21. The zero-order chi connectivity index (χ0) is 28.6. The molecular weight excluding hydrogens is 522 g/mol. The first-order valence-electron chi connectivity index (χ1n) is 13.7. The fourth-order valence-corrected chi connectivity index (χ4v) is 9.26. The van der Waals surface area contributed by atoms with E-state index in [0.717, 1.165) is 16.7 Å². The topological polar surface area (TPSA) is 133 Å². The number of nitrogens with one attached hydrogen (secondary N) is 1. The van der Waals surface area contributed by atoms with E-state index in [-0.39, 0.29) is 6.42 Å². The van der Waals surface area contributed by atoms with E-state index in [1.54, 1.807) is 6.92 Å². The van der Waals surface area contributed by atoms with Gasteiger partial charge in [-0.15, -0.1) is 11.6 Å². The number of esters is 1. The minimum Gasteiger partial charge on any atom is -0.461 e. The molecule has 9 heteroatoms. The van der Waals surface area contributed by atoms with Crippen LogP contribution in [0.5, 0.6) is 0 Å². The van der Waals surface area contributed by atoms with Crippen molar-refractivity contribution in [2.45, 2.75) is 82.8 Å². The highest BCUT2D eigenvalue weighted by Gasteiger charge is 2.76. The van der Waals surface area contributed by atoms with E-state index in [0.29, 0.717) is 6.42 Å². The smallest absolute Gasteiger partial charge is 0.302 e. The second-order valence-electron chi connectivity index (χ2n) is 12.2. The Labute approximate surface area is 233 Å². The fraction of sp³-hybridized carbons (Fsp3) is 0.633. The zero-order valence-electron chi connectivity index (χ0n) is 22.9. The SMILES string of the molecule is CC(=O)O[C@@H]1[C@H]2[C@@H](C[C@H](C)[C@@](O)(C(C)=O)[C@@H]2O)[C@H](Cl)[C@@H]2[C@@H](O)C(C)=C(C)[C@H]3[C@H](Cc4ccccc4)NC(=O)[C@]213. The van der Waals surface area contributed by atoms with Crippen LogP contribution >= 0.6 is 11.6 Å². The third-order valence-electron chi connectivity index (χ3n) is 10.5. The molecule has 2 saturated carbocycles. The van der Waals surface area contributed by atoms with E-state index < -0.39 is 88.0 Å². The third kappa shape index (κ3) is 3.78. The standard InChI is InChI=1S/C30H38ClNO7/c1-13-11-19-21(26(36)30(13,38)16(4)33)27(39-17(5)34)29-22(14(2)15(3)25(35)23(29)24(19)31)20(32-28(29)37)12-18-9-7-6-8-10-18/h6-10,13,19-27,35-36,38H,11-12H2,1-5H3,(H,32,37)/t13-,19+,20-,21-,22-,23+,24-,25-,26+,27+,29+,30+/m0/s1. The summed E-state index contributed by atoms with van der Waals surface area (Å²) < 4.78 is 5.99. The molecule has 0 unspecified atom stereocenters. The summed E-state index contributed by atoms with van der Waals surface area (Å²) in [4.78, 5) is 39.7. The first-order valence-corrected chi connectivity index (χ1v) is 14.2. The second kappa shape index (κ2) is 9.68. The maximum Gasteiger partial charge on any atom is 0.302 e. The average Bonchev–Trinajstić information content (AvgIpc) is 3.15. The van der Waals surface area contributed by atoms with Gasteiger partial charge in [0.1, 0.15) is 11.5 Å². The predicted molar refractivity (Wildman–Crippen MR) is 143 cm³/mol. The van der Waals surface area contributed by atoms with Crippen molar-refractivity contribution in [1.29, 1.82) is 0 Å². The molecule has 212 valence electrons. The summed E-state index contributed by atoms with van der Waals surface area (Å²) in [6.45, 7) is 7.87. The van der Waals surface area contributed by atoms with Gasteiger partial charge in [-0.05, 0) is 56.6 Å². The van der Waals surface area contributed by atoms with Gasteiger partial charge in [0.2, 0.25) is 5.91 Å². The molecule has 1 spiro atoms. The Kier molecular flexibility index (Phi) is 7.02. The number of aliphatic hydroxyl groups excluding tert-OH is 2. The first kappa shape index (κ1) is 28.3. The van der Waals surface area contributed by atoms with Gasteiger partial charge in [-0.3, -0.25) is 14.4 Å². The molecule has 1 amide bonds. The molecule has 1 aromatic carbocycles. The zero-order valence-corrected chi connectivity index (χ0v) is 23.7. The summed E-state index contributed by atoms with van der Waals surface area (Å²) in [6.07, 6.45) is -3.18. The molecule has 0 bridgehead atoms. The first-order chi connectivity index (χ1) is 18.3. The molecule has 3 aliphatic carbocycles. The van der Waals surface area contributed by atoms with Gasteiger partial charge in [0, 0.05) is 36.1 Å². The van der Waals surface area contributed by atoms with E-state index in [2.05, 4.69) is 5.32 Å². The van der Waals surface area contributed by atoms with E-state index in [9.17, 15) is 29.7 Å². The summed E-state index contributed by atoms with van der Waals surface area (Å²) >= 11 is 7.23. The van der Waals surface area contributed by atoms with Gasteiger partial charge in [-0.1, -0.05) is 42.8 Å². The number of alkyl halides is 1. The van der Waals surface area contributed by atoms with Crippen LogP contribution in [-0.2, 0) is 25.5 Å². The van der Waals surface area contributed by atoms with E-state index in [4.69, 9.17) is 16.3 Å². The van der Waals surface area contributed by atoms with Crippen molar-refractivity contribution >= 4 is 29.3 Å². The number of amides is 1. The molecule has 1 heterocycles. The Morgan fingerprint density at radius 2 is 1.77 bits per heavy atom. The summed E-state index contributed by atoms with van der Waals surface area (Å²) in [5.41, 5.74) is -1.07. The van der Waals surface area contributed by atoms with Crippen molar-refractivity contribution in [3.05, 3.63) is 47.0 Å². The van der Waals surface area contributed by atoms with Crippen molar-refractivity contribution in [3.8, 4) is 0 Å². The molecule has 39 heavy (non-hydrogen) atoms. The number of carbonyl (C=O) groups excluding carboxylic acids is 3. The van der Waals surface area contributed by atoms with Crippen LogP contribution in [0.1, 0.15) is 46.6 Å². The van der Waals surface area contributed by atoms with Gasteiger partial charge < -0.3 is 25.4 Å². The largest absolute Gasteiger partial charge is 0.461 e. The number of ketones is 1. The lowest BCUT2D eigenvalue weighted by Gasteiger charge is -2.63. The molecule has 4 N–H and O–H groups in total. The molecule has 0 radical (unpaired) electrons. The van der Waals surface area contributed by atoms with Crippen LogP contribution in [-0.4, -0.2) is 68.3 Å². The summed E-state index contributed by atoms with van der Waals surface area (Å²) in [5, 5.41) is 37.3. The second-order valence-corrected chi connectivity index (χ2v) is 12.7. The van der Waals surface area contributed by atoms with Gasteiger partial charge in [-0.2, -0.15) is 0 Å². The Hall–Kier alpha value is -2.26. The molecule has 5 rings (SSSR count). The normalized spacial score (nSPS) is 45.1. The summed E-state index contributed by atoms with van der Waals surface area (Å²) in [6, 6.07) is 9.32. The number of hydrogen-bond acceptors (Lipinski definition) is 7. The fourth-order valence-electron chi connectivity index (χ4n) is 8.64. The number of benzene rings is 1. The Bertz CT molecular complexity index is 1220. The lowest BCUT2D eigenvalue weighted by Crippen LogP contribution is -2.74. The monoisotopic (exact) mass is 559 g/mol. The number of ether oxygens (including phenoxy) is 1. The number of fused-ring (bicyclic) bond motifs is 1. The Morgan fingerprint density at radius 3 is 2.36 bits per heavy atom. The lowest BCUT2D eigenvalue weighted by atomic mass is 9.43. The third-order valence-corrected chi connectivity index (χ3v) is 11.1. The van der Waals surface area contributed by atoms with Crippen LogP contribution in [0.2, 0.25) is 0 Å². The van der Waals surface area contributed by atoms with Crippen molar-refractivity contribution in [1.82, 2.24) is 5.32 Å². The predicted octanol–water partition coefficient (Wildman–Crippen LogP) is 2.16. The van der Waals surface area contributed by atoms with Gasteiger partial charge in [0.25, 0.3) is 0 Å². The van der Waals surface area contributed by atoms with E-state index in [1.165, 1.54) is 13.8 Å². The Morgan fingerprint density at radius 1 is 1.13 bits per heavy atom.